The zero-order valence-electron chi connectivity index (χ0n) is 12.6. The topological polar surface area (TPSA) is 28.0 Å². The Morgan fingerprint density at radius 3 is 2.85 bits per heavy atom. The number of benzene rings is 1. The summed E-state index contributed by atoms with van der Waals surface area (Å²) in [6.07, 6.45) is 1.11. The van der Waals surface area contributed by atoms with Crippen molar-refractivity contribution in [3.05, 3.63) is 29.3 Å². The van der Waals surface area contributed by atoms with Crippen LogP contribution in [0.4, 0.5) is 0 Å². The Morgan fingerprint density at radius 2 is 2.10 bits per heavy atom. The lowest BCUT2D eigenvalue weighted by Gasteiger charge is -2.36. The van der Waals surface area contributed by atoms with Crippen LogP contribution >= 0.6 is 11.8 Å². The Bertz CT molecular complexity index is 596. The molecule has 2 heterocycles. The van der Waals surface area contributed by atoms with E-state index in [9.17, 15) is 0 Å². The van der Waals surface area contributed by atoms with Gasteiger partial charge >= 0.3 is 0 Å². The standard InChI is InChI=1S/C16H21N3S/c1-11-6-7-13-12(10-11)14-17-8-5-9-19(14)15(20-13)18-16(2,3)4/h6-7,10H,5,8-9H2,1-4H3. The molecule has 0 radical (unpaired) electrons. The van der Waals surface area contributed by atoms with Crippen LogP contribution in [0.5, 0.6) is 0 Å². The van der Waals surface area contributed by atoms with Crippen LogP contribution in [0.15, 0.2) is 33.1 Å². The van der Waals surface area contributed by atoms with E-state index in [1.807, 2.05) is 0 Å². The van der Waals surface area contributed by atoms with Gasteiger partial charge in [0.2, 0.25) is 0 Å². The molecular weight excluding hydrogens is 266 g/mol. The van der Waals surface area contributed by atoms with E-state index < -0.39 is 0 Å². The Morgan fingerprint density at radius 1 is 1.30 bits per heavy atom. The summed E-state index contributed by atoms with van der Waals surface area (Å²) in [5.41, 5.74) is 2.49. The van der Waals surface area contributed by atoms with E-state index in [0.717, 1.165) is 30.5 Å². The number of fused-ring (bicyclic) bond motifs is 3. The van der Waals surface area contributed by atoms with Crippen molar-refractivity contribution < 1.29 is 0 Å². The van der Waals surface area contributed by atoms with Crippen LogP contribution in [0.25, 0.3) is 0 Å². The molecule has 0 aliphatic carbocycles. The maximum absolute atomic E-state index is 4.90. The highest BCUT2D eigenvalue weighted by Crippen LogP contribution is 2.35. The van der Waals surface area contributed by atoms with Crippen molar-refractivity contribution >= 4 is 22.8 Å². The number of nitrogens with zero attached hydrogens (tertiary/aromatic N) is 3. The van der Waals surface area contributed by atoms with Crippen LogP contribution in [0.2, 0.25) is 0 Å². The number of amidine groups is 2. The van der Waals surface area contributed by atoms with E-state index >= 15 is 0 Å². The molecule has 0 spiro atoms. The number of hydrogen-bond acceptors (Lipinski definition) is 3. The fourth-order valence-electron chi connectivity index (χ4n) is 2.45. The van der Waals surface area contributed by atoms with E-state index in [0.29, 0.717) is 0 Å². The third kappa shape index (κ3) is 2.62. The maximum atomic E-state index is 4.90. The van der Waals surface area contributed by atoms with Crippen LogP contribution in [0.3, 0.4) is 0 Å². The predicted octanol–water partition coefficient (Wildman–Crippen LogP) is 3.71. The summed E-state index contributed by atoms with van der Waals surface area (Å²) >= 11 is 1.77. The van der Waals surface area contributed by atoms with Crippen molar-refractivity contribution in [2.75, 3.05) is 13.1 Å². The second kappa shape index (κ2) is 4.92. The van der Waals surface area contributed by atoms with Gasteiger partial charge in [-0.1, -0.05) is 23.4 Å². The van der Waals surface area contributed by atoms with Crippen molar-refractivity contribution in [1.82, 2.24) is 4.90 Å². The molecule has 1 aromatic carbocycles. The van der Waals surface area contributed by atoms with Crippen molar-refractivity contribution in [3.8, 4) is 0 Å². The molecule has 4 heteroatoms. The van der Waals surface area contributed by atoms with Crippen molar-refractivity contribution in [1.29, 1.82) is 0 Å². The van der Waals surface area contributed by atoms with Crippen LogP contribution < -0.4 is 0 Å². The van der Waals surface area contributed by atoms with Crippen LogP contribution in [0, 0.1) is 6.92 Å². The Hall–Kier alpha value is -1.29. The van der Waals surface area contributed by atoms with E-state index in [-0.39, 0.29) is 5.54 Å². The minimum Gasteiger partial charge on any atom is -0.305 e. The molecule has 20 heavy (non-hydrogen) atoms. The lowest BCUT2D eigenvalue weighted by Crippen LogP contribution is -2.43. The highest BCUT2D eigenvalue weighted by Gasteiger charge is 2.31. The summed E-state index contributed by atoms with van der Waals surface area (Å²) in [6, 6.07) is 6.61. The summed E-state index contributed by atoms with van der Waals surface area (Å²) in [5, 5.41) is 1.09. The number of thioether (sulfide) groups is 1. The minimum absolute atomic E-state index is 0.0624. The van der Waals surface area contributed by atoms with E-state index in [1.165, 1.54) is 16.0 Å². The SMILES string of the molecule is Cc1ccc2c(c1)C1=NCCCN1C(=NC(C)(C)C)S2. The molecule has 1 aromatic rings. The second-order valence-corrected chi connectivity index (χ2v) is 7.39. The van der Waals surface area contributed by atoms with E-state index in [1.54, 1.807) is 11.8 Å². The van der Waals surface area contributed by atoms with Gasteiger partial charge in [0.15, 0.2) is 5.17 Å². The third-order valence-electron chi connectivity index (χ3n) is 3.30. The van der Waals surface area contributed by atoms with Gasteiger partial charge in [-0.2, -0.15) is 0 Å². The van der Waals surface area contributed by atoms with Gasteiger partial charge < -0.3 is 4.90 Å². The summed E-state index contributed by atoms with van der Waals surface area (Å²) in [5.74, 6) is 1.11. The molecule has 0 amide bonds. The van der Waals surface area contributed by atoms with E-state index in [4.69, 9.17) is 9.98 Å². The van der Waals surface area contributed by atoms with Gasteiger partial charge in [-0.15, -0.1) is 0 Å². The number of aryl methyl sites for hydroxylation is 1. The lowest BCUT2D eigenvalue weighted by molar-refractivity contribution is 0.527. The molecule has 0 unspecified atom stereocenters. The number of hydrogen-bond donors (Lipinski definition) is 0. The summed E-state index contributed by atoms with van der Waals surface area (Å²) in [4.78, 5) is 13.2. The smallest absolute Gasteiger partial charge is 0.170 e. The van der Waals surface area contributed by atoms with Gasteiger partial charge in [-0.25, -0.2) is 0 Å². The van der Waals surface area contributed by atoms with E-state index in [2.05, 4.69) is 50.8 Å². The first-order valence-corrected chi connectivity index (χ1v) is 7.96. The molecule has 0 fully saturated rings. The molecule has 0 bridgehead atoms. The minimum atomic E-state index is -0.0624. The average molecular weight is 287 g/mol. The number of rotatable bonds is 0. The van der Waals surface area contributed by atoms with Crippen LogP contribution in [0.1, 0.15) is 38.3 Å². The molecule has 0 atom stereocenters. The third-order valence-corrected chi connectivity index (χ3v) is 4.37. The highest BCUT2D eigenvalue weighted by molar-refractivity contribution is 8.14. The van der Waals surface area contributed by atoms with Crippen LogP contribution in [-0.4, -0.2) is 34.5 Å². The fraction of sp³-hybridized carbons (Fsp3) is 0.500. The predicted molar refractivity (Wildman–Crippen MR) is 87.0 cm³/mol. The fourth-order valence-corrected chi connectivity index (χ4v) is 3.65. The molecule has 3 nitrogen and oxygen atoms in total. The van der Waals surface area contributed by atoms with Gasteiger partial charge in [-0.3, -0.25) is 9.98 Å². The van der Waals surface area contributed by atoms with Gasteiger partial charge in [0, 0.05) is 23.5 Å². The van der Waals surface area contributed by atoms with Crippen molar-refractivity contribution in [3.63, 3.8) is 0 Å². The summed E-state index contributed by atoms with van der Waals surface area (Å²) in [7, 11) is 0. The maximum Gasteiger partial charge on any atom is 0.170 e. The molecule has 0 saturated carbocycles. The molecule has 0 saturated heterocycles. The molecule has 3 rings (SSSR count). The normalized spacial score (nSPS) is 20.5. The zero-order valence-corrected chi connectivity index (χ0v) is 13.4. The number of aliphatic imine (C=N–C) groups is 2. The first-order chi connectivity index (χ1) is 9.44. The average Bonchev–Trinajstić information content (AvgIpc) is 2.38. The first kappa shape index (κ1) is 13.7. The Balaban J connectivity index is 2.12. The largest absolute Gasteiger partial charge is 0.305 e. The Labute approximate surface area is 125 Å². The summed E-state index contributed by atoms with van der Waals surface area (Å²) in [6.45, 7) is 10.5. The van der Waals surface area contributed by atoms with Gasteiger partial charge in [0.05, 0.1) is 5.54 Å². The monoisotopic (exact) mass is 287 g/mol. The second-order valence-electron chi connectivity index (χ2n) is 6.38. The zero-order chi connectivity index (χ0) is 14.3. The van der Waals surface area contributed by atoms with Gasteiger partial charge in [0.1, 0.15) is 5.84 Å². The first-order valence-electron chi connectivity index (χ1n) is 7.15. The molecular formula is C16H21N3S. The molecule has 0 N–H and O–H groups in total. The lowest BCUT2D eigenvalue weighted by atomic mass is 10.1. The van der Waals surface area contributed by atoms with Gasteiger partial charge in [0.25, 0.3) is 0 Å². The summed E-state index contributed by atoms with van der Waals surface area (Å²) < 4.78 is 0. The van der Waals surface area contributed by atoms with Gasteiger partial charge in [-0.05, 0) is 46.2 Å². The van der Waals surface area contributed by atoms with Crippen molar-refractivity contribution in [2.24, 2.45) is 9.98 Å². The van der Waals surface area contributed by atoms with Crippen molar-refractivity contribution in [2.45, 2.75) is 44.6 Å². The molecule has 0 aromatic heterocycles. The molecule has 106 valence electrons. The molecule has 2 aliphatic heterocycles. The quantitative estimate of drug-likeness (QED) is 0.727. The molecule has 2 aliphatic rings. The highest BCUT2D eigenvalue weighted by atomic mass is 32.2. The van der Waals surface area contributed by atoms with Crippen LogP contribution in [-0.2, 0) is 0 Å². The Kier molecular flexibility index (Phi) is 3.36.